The molecule has 0 bridgehead atoms. The van der Waals surface area contributed by atoms with Crippen LogP contribution in [0.15, 0.2) is 64.4 Å². The average molecular weight is 549 g/mol. The normalized spacial score (nSPS) is 11.8. The van der Waals surface area contributed by atoms with Crippen LogP contribution in [0, 0.1) is 6.92 Å². The van der Waals surface area contributed by atoms with E-state index in [1.165, 1.54) is 23.0 Å². The Hall–Kier alpha value is -3.21. The highest BCUT2D eigenvalue weighted by atomic mass is 35.5. The van der Waals surface area contributed by atoms with Crippen molar-refractivity contribution >= 4 is 27.7 Å². The third-order valence-electron chi connectivity index (χ3n) is 5.18. The summed E-state index contributed by atoms with van der Waals surface area (Å²) >= 11 is 6.17. The van der Waals surface area contributed by atoms with Gasteiger partial charge in [0.1, 0.15) is 6.61 Å². The van der Waals surface area contributed by atoms with Gasteiger partial charge in [-0.15, -0.1) is 0 Å². The number of benzene rings is 2. The second-order valence-corrected chi connectivity index (χ2v) is 11.3. The highest BCUT2D eigenvalue weighted by Gasteiger charge is 2.20. The maximum absolute atomic E-state index is 12.4. The van der Waals surface area contributed by atoms with Crippen molar-refractivity contribution in [1.29, 1.82) is 0 Å². The van der Waals surface area contributed by atoms with Crippen LogP contribution in [0.4, 0.5) is 0 Å². The minimum Gasteiger partial charge on any atom is -0.485 e. The molecule has 0 aliphatic rings. The van der Waals surface area contributed by atoms with Gasteiger partial charge in [-0.2, -0.15) is 13.5 Å². The van der Waals surface area contributed by atoms with Crippen LogP contribution in [0.5, 0.6) is 5.75 Å². The van der Waals surface area contributed by atoms with Crippen molar-refractivity contribution in [2.45, 2.75) is 51.2 Å². The first-order valence-electron chi connectivity index (χ1n) is 11.5. The van der Waals surface area contributed by atoms with Crippen molar-refractivity contribution in [3.8, 4) is 5.75 Å². The van der Waals surface area contributed by atoms with Crippen LogP contribution in [0.1, 0.15) is 48.7 Å². The predicted octanol–water partition coefficient (Wildman–Crippen LogP) is 4.49. The van der Waals surface area contributed by atoms with Gasteiger partial charge in [0.15, 0.2) is 10.8 Å². The number of aryl methyl sites for hydroxylation is 1. The van der Waals surface area contributed by atoms with Crippen molar-refractivity contribution in [1.82, 2.24) is 9.78 Å². The van der Waals surface area contributed by atoms with E-state index in [4.69, 9.17) is 25.3 Å². The quantitative estimate of drug-likeness (QED) is 0.207. The summed E-state index contributed by atoms with van der Waals surface area (Å²) in [6.07, 6.45) is 1.61. The summed E-state index contributed by atoms with van der Waals surface area (Å²) in [5.74, 6) is -0.380. The van der Waals surface area contributed by atoms with Gasteiger partial charge in [-0.25, -0.2) is 9.48 Å². The second kappa shape index (κ2) is 11.9. The molecule has 0 spiro atoms. The van der Waals surface area contributed by atoms with E-state index < -0.39 is 27.2 Å². The van der Waals surface area contributed by atoms with Crippen molar-refractivity contribution in [2.75, 3.05) is 13.2 Å². The lowest BCUT2D eigenvalue weighted by Gasteiger charge is -2.21. The van der Waals surface area contributed by atoms with E-state index in [2.05, 4.69) is 5.10 Å². The second-order valence-electron chi connectivity index (χ2n) is 9.27. The molecule has 0 atom stereocenters. The molecule has 9 nitrogen and oxygen atoms in total. The minimum atomic E-state index is -3.86. The monoisotopic (exact) mass is 548 g/mol. The number of halogens is 1. The fraction of sp³-hybridized carbons (Fsp3) is 0.346. The molecule has 0 aliphatic carbocycles. The molecule has 0 saturated carbocycles. The molecule has 0 amide bonds. The van der Waals surface area contributed by atoms with Gasteiger partial charge in [0.25, 0.3) is 15.7 Å². The zero-order valence-corrected chi connectivity index (χ0v) is 22.6. The van der Waals surface area contributed by atoms with Gasteiger partial charge in [0, 0.05) is 6.42 Å². The molecule has 0 saturated heterocycles. The summed E-state index contributed by atoms with van der Waals surface area (Å²) in [5.41, 5.74) is 1.04. The molecule has 3 aromatic rings. The van der Waals surface area contributed by atoms with Gasteiger partial charge in [-0.1, -0.05) is 41.4 Å². The van der Waals surface area contributed by atoms with E-state index in [-0.39, 0.29) is 41.9 Å². The SMILES string of the molecule is Cc1ccc(S(=O)(=O)OCCCOC(=O)c2ccc(COc3cnn(C(C)(C)C)c(=O)c3Cl)cc2)cc1. The van der Waals surface area contributed by atoms with Crippen LogP contribution >= 0.6 is 11.6 Å². The molecule has 198 valence electrons. The fourth-order valence-electron chi connectivity index (χ4n) is 3.14. The highest BCUT2D eigenvalue weighted by molar-refractivity contribution is 7.86. The number of rotatable bonds is 10. The minimum absolute atomic E-state index is 0.00128. The lowest BCUT2D eigenvalue weighted by Crippen LogP contribution is -2.36. The Balaban J connectivity index is 1.45. The van der Waals surface area contributed by atoms with Gasteiger partial charge in [-0.05, 0) is 57.5 Å². The summed E-state index contributed by atoms with van der Waals surface area (Å²) in [6, 6.07) is 12.9. The first-order chi connectivity index (χ1) is 17.4. The van der Waals surface area contributed by atoms with Gasteiger partial charge < -0.3 is 9.47 Å². The van der Waals surface area contributed by atoms with Gasteiger partial charge in [-0.3, -0.25) is 8.98 Å². The zero-order chi connectivity index (χ0) is 27.2. The number of hydrogen-bond donors (Lipinski definition) is 0. The number of nitrogens with zero attached hydrogens (tertiary/aromatic N) is 2. The molecule has 0 fully saturated rings. The van der Waals surface area contributed by atoms with E-state index in [9.17, 15) is 18.0 Å². The van der Waals surface area contributed by atoms with E-state index in [1.54, 1.807) is 36.4 Å². The molecule has 2 aromatic carbocycles. The first-order valence-corrected chi connectivity index (χ1v) is 13.3. The molecule has 37 heavy (non-hydrogen) atoms. The van der Waals surface area contributed by atoms with E-state index in [0.717, 1.165) is 11.1 Å². The zero-order valence-electron chi connectivity index (χ0n) is 21.1. The topological polar surface area (TPSA) is 114 Å². The molecule has 0 aliphatic heterocycles. The Morgan fingerprint density at radius 2 is 1.68 bits per heavy atom. The third-order valence-corrected chi connectivity index (χ3v) is 6.85. The largest absolute Gasteiger partial charge is 0.485 e. The van der Waals surface area contributed by atoms with E-state index in [0.29, 0.717) is 5.56 Å². The molecule has 0 N–H and O–H groups in total. The van der Waals surface area contributed by atoms with E-state index >= 15 is 0 Å². The standard InChI is InChI=1S/C26H29ClN2O7S/c1-18-6-12-21(13-7-18)37(32,33)36-15-5-14-34-25(31)20-10-8-19(9-11-20)17-35-22-16-28-29(26(2,3)4)24(30)23(22)27/h6-13,16H,5,14-15,17H2,1-4H3. The van der Waals surface area contributed by atoms with Crippen LogP contribution < -0.4 is 10.3 Å². The van der Waals surface area contributed by atoms with Gasteiger partial charge in [0.05, 0.1) is 35.4 Å². The molecule has 0 unspecified atom stereocenters. The maximum Gasteiger partial charge on any atom is 0.338 e. The molecular weight excluding hydrogens is 520 g/mol. The third kappa shape index (κ3) is 7.64. The van der Waals surface area contributed by atoms with Crippen LogP contribution in [0.2, 0.25) is 5.02 Å². The smallest absolute Gasteiger partial charge is 0.338 e. The number of ether oxygens (including phenoxy) is 2. The number of carbonyl (C=O) groups excluding carboxylic acids is 1. The molecular formula is C26H29ClN2O7S. The average Bonchev–Trinajstić information content (AvgIpc) is 2.84. The lowest BCUT2D eigenvalue weighted by atomic mass is 10.1. The number of aromatic nitrogens is 2. The Labute approximate surface area is 221 Å². The first kappa shape index (κ1) is 28.4. The fourth-order valence-corrected chi connectivity index (χ4v) is 4.27. The lowest BCUT2D eigenvalue weighted by molar-refractivity contribution is 0.0487. The van der Waals surface area contributed by atoms with Crippen LogP contribution in [0.25, 0.3) is 0 Å². The maximum atomic E-state index is 12.4. The summed E-state index contributed by atoms with van der Waals surface area (Å²) in [4.78, 5) is 24.8. The summed E-state index contributed by atoms with van der Waals surface area (Å²) in [6.45, 7) is 7.39. The van der Waals surface area contributed by atoms with Crippen molar-refractivity contribution in [2.24, 2.45) is 0 Å². The Kier molecular flexibility index (Phi) is 9.12. The molecule has 0 radical (unpaired) electrons. The number of hydrogen-bond acceptors (Lipinski definition) is 8. The van der Waals surface area contributed by atoms with Crippen molar-refractivity contribution < 1.29 is 26.9 Å². The Morgan fingerprint density at radius 3 is 2.30 bits per heavy atom. The molecule has 3 rings (SSSR count). The molecule has 1 heterocycles. The number of carbonyl (C=O) groups is 1. The van der Waals surface area contributed by atoms with E-state index in [1.807, 2.05) is 27.7 Å². The predicted molar refractivity (Wildman–Crippen MR) is 138 cm³/mol. The van der Waals surface area contributed by atoms with Gasteiger partial charge in [0.2, 0.25) is 0 Å². The summed E-state index contributed by atoms with van der Waals surface area (Å²) in [5, 5.41) is 4.07. The van der Waals surface area contributed by atoms with Gasteiger partial charge >= 0.3 is 5.97 Å². The van der Waals surface area contributed by atoms with Crippen LogP contribution in [-0.2, 0) is 31.2 Å². The summed E-state index contributed by atoms with van der Waals surface area (Å²) < 4.78 is 41.4. The Bertz CT molecular complexity index is 1390. The Morgan fingerprint density at radius 1 is 1.03 bits per heavy atom. The molecule has 1 aromatic heterocycles. The highest BCUT2D eigenvalue weighted by Crippen LogP contribution is 2.22. The van der Waals surface area contributed by atoms with Crippen LogP contribution in [-0.4, -0.2) is 37.4 Å². The summed E-state index contributed by atoms with van der Waals surface area (Å²) in [7, 11) is -3.86. The van der Waals surface area contributed by atoms with Crippen molar-refractivity contribution in [3.63, 3.8) is 0 Å². The van der Waals surface area contributed by atoms with Crippen LogP contribution in [0.3, 0.4) is 0 Å². The number of esters is 1. The van der Waals surface area contributed by atoms with Crippen molar-refractivity contribution in [3.05, 3.63) is 86.8 Å². The molecule has 11 heteroatoms.